The molecule has 0 spiro atoms. The number of rotatable bonds is 9. The van der Waals surface area contributed by atoms with E-state index in [0.29, 0.717) is 0 Å². The fraction of sp³-hybridized carbons (Fsp3) is 0.704. The standard InChI is InChI=1S/C27H42O/c1-3-5-22-6-8-23(9-7-22)10-11-24-12-16-26(17-13-24)27-18-14-25(15-19-27)21-28-20-4-2/h3,5,14-15,18-19,22-24,26H,4,6-13,16-17,20-21H2,1-2H3/t22-,23-,24-,26-. The zero-order valence-electron chi connectivity index (χ0n) is 18.4. The van der Waals surface area contributed by atoms with Gasteiger partial charge in [-0.05, 0) is 99.5 Å². The van der Waals surface area contributed by atoms with Crippen LogP contribution in [0.2, 0.25) is 0 Å². The lowest BCUT2D eigenvalue weighted by Crippen LogP contribution is -2.17. The molecule has 1 aromatic rings. The molecule has 1 heteroatoms. The highest BCUT2D eigenvalue weighted by Gasteiger charge is 2.24. The van der Waals surface area contributed by atoms with Gasteiger partial charge in [-0.25, -0.2) is 0 Å². The maximum atomic E-state index is 5.66. The van der Waals surface area contributed by atoms with E-state index in [1.165, 1.54) is 69.8 Å². The zero-order valence-corrected chi connectivity index (χ0v) is 18.4. The molecule has 28 heavy (non-hydrogen) atoms. The van der Waals surface area contributed by atoms with Gasteiger partial charge in [-0.1, -0.05) is 56.2 Å². The van der Waals surface area contributed by atoms with E-state index in [9.17, 15) is 0 Å². The highest BCUT2D eigenvalue weighted by molar-refractivity contribution is 5.25. The van der Waals surface area contributed by atoms with Crippen LogP contribution >= 0.6 is 0 Å². The normalized spacial score (nSPS) is 28.6. The number of allylic oxidation sites excluding steroid dienone is 2. The van der Waals surface area contributed by atoms with Gasteiger partial charge < -0.3 is 4.74 Å². The molecule has 1 aromatic carbocycles. The van der Waals surface area contributed by atoms with Gasteiger partial charge in [0.15, 0.2) is 0 Å². The molecule has 2 fully saturated rings. The van der Waals surface area contributed by atoms with Crippen molar-refractivity contribution in [1.29, 1.82) is 0 Å². The highest BCUT2D eigenvalue weighted by Crippen LogP contribution is 2.40. The Labute approximate surface area is 174 Å². The molecule has 0 aromatic heterocycles. The average Bonchev–Trinajstić information content (AvgIpc) is 2.75. The van der Waals surface area contributed by atoms with E-state index >= 15 is 0 Å². The minimum Gasteiger partial charge on any atom is -0.377 e. The third kappa shape index (κ3) is 6.76. The molecule has 0 aliphatic heterocycles. The summed E-state index contributed by atoms with van der Waals surface area (Å²) in [5.74, 6) is 3.67. The average molecular weight is 383 g/mol. The second kappa shape index (κ2) is 11.8. The molecule has 2 aliphatic rings. The minimum atomic E-state index is 0.761. The third-order valence-corrected chi connectivity index (χ3v) is 7.25. The van der Waals surface area contributed by atoms with E-state index in [4.69, 9.17) is 4.74 Å². The fourth-order valence-corrected chi connectivity index (χ4v) is 5.42. The van der Waals surface area contributed by atoms with Gasteiger partial charge in [0, 0.05) is 6.61 Å². The quantitative estimate of drug-likeness (QED) is 0.310. The van der Waals surface area contributed by atoms with Crippen LogP contribution < -0.4 is 0 Å². The van der Waals surface area contributed by atoms with Crippen LogP contribution in [-0.2, 0) is 11.3 Å². The van der Waals surface area contributed by atoms with Gasteiger partial charge in [-0.2, -0.15) is 0 Å². The molecule has 0 N–H and O–H groups in total. The van der Waals surface area contributed by atoms with Crippen molar-refractivity contribution in [2.45, 2.75) is 97.0 Å². The van der Waals surface area contributed by atoms with Gasteiger partial charge in [0.25, 0.3) is 0 Å². The number of hydrogen-bond donors (Lipinski definition) is 0. The third-order valence-electron chi connectivity index (χ3n) is 7.25. The van der Waals surface area contributed by atoms with Crippen molar-refractivity contribution in [3.05, 3.63) is 47.5 Å². The molecule has 0 radical (unpaired) electrons. The summed E-state index contributed by atoms with van der Waals surface area (Å²) in [6, 6.07) is 9.28. The second-order valence-corrected chi connectivity index (χ2v) is 9.40. The monoisotopic (exact) mass is 382 g/mol. The Morgan fingerprint density at radius 2 is 1.46 bits per heavy atom. The van der Waals surface area contributed by atoms with Gasteiger partial charge in [-0.15, -0.1) is 0 Å². The first-order valence-electron chi connectivity index (χ1n) is 12.1. The summed E-state index contributed by atoms with van der Waals surface area (Å²) in [5.41, 5.74) is 2.87. The highest BCUT2D eigenvalue weighted by atomic mass is 16.5. The maximum Gasteiger partial charge on any atom is 0.0716 e. The predicted molar refractivity (Wildman–Crippen MR) is 121 cm³/mol. The molecule has 156 valence electrons. The molecule has 2 aliphatic carbocycles. The van der Waals surface area contributed by atoms with Crippen LogP contribution in [0.1, 0.15) is 102 Å². The zero-order chi connectivity index (χ0) is 19.6. The van der Waals surface area contributed by atoms with Crippen LogP contribution in [0.15, 0.2) is 36.4 Å². The molecule has 0 bridgehead atoms. The first-order valence-corrected chi connectivity index (χ1v) is 12.1. The van der Waals surface area contributed by atoms with Gasteiger partial charge in [0.05, 0.1) is 6.61 Å². The summed E-state index contributed by atoms with van der Waals surface area (Å²) in [7, 11) is 0. The topological polar surface area (TPSA) is 9.23 Å². The SMILES string of the molecule is CC=C[C@H]1CC[C@H](CC[C@H]2CC[C@H](c3ccc(COCCC)cc3)CC2)CC1. The summed E-state index contributed by atoms with van der Waals surface area (Å²) >= 11 is 0. The summed E-state index contributed by atoms with van der Waals surface area (Å²) in [6.07, 6.45) is 20.2. The van der Waals surface area contributed by atoms with E-state index in [1.807, 2.05) is 0 Å². The van der Waals surface area contributed by atoms with E-state index in [1.54, 1.807) is 5.56 Å². The Morgan fingerprint density at radius 1 is 0.857 bits per heavy atom. The Kier molecular flexibility index (Phi) is 9.12. The summed E-state index contributed by atoms with van der Waals surface area (Å²) in [4.78, 5) is 0. The maximum absolute atomic E-state index is 5.66. The predicted octanol–water partition coefficient (Wildman–Crippen LogP) is 8.05. The van der Waals surface area contributed by atoms with Crippen LogP contribution in [-0.4, -0.2) is 6.61 Å². The molecule has 0 saturated heterocycles. The number of ether oxygens (including phenoxy) is 1. The second-order valence-electron chi connectivity index (χ2n) is 9.40. The first-order chi connectivity index (χ1) is 13.8. The van der Waals surface area contributed by atoms with Gasteiger partial charge in [0.1, 0.15) is 0 Å². The van der Waals surface area contributed by atoms with Crippen LogP contribution in [0.4, 0.5) is 0 Å². The lowest BCUT2D eigenvalue weighted by molar-refractivity contribution is 0.121. The molecule has 2 saturated carbocycles. The molecule has 1 nitrogen and oxygen atoms in total. The Morgan fingerprint density at radius 3 is 2.04 bits per heavy atom. The summed E-state index contributed by atoms with van der Waals surface area (Å²) in [6.45, 7) is 5.95. The van der Waals surface area contributed by atoms with Crippen molar-refractivity contribution >= 4 is 0 Å². The van der Waals surface area contributed by atoms with Crippen molar-refractivity contribution in [2.75, 3.05) is 6.61 Å². The van der Waals surface area contributed by atoms with Crippen molar-refractivity contribution in [1.82, 2.24) is 0 Å². The molecule has 0 amide bonds. The van der Waals surface area contributed by atoms with E-state index in [-0.39, 0.29) is 0 Å². The Hall–Kier alpha value is -1.08. The van der Waals surface area contributed by atoms with Gasteiger partial charge in [-0.3, -0.25) is 0 Å². The molecule has 0 unspecified atom stereocenters. The number of hydrogen-bond acceptors (Lipinski definition) is 1. The lowest BCUT2D eigenvalue weighted by atomic mass is 9.74. The van der Waals surface area contributed by atoms with Crippen LogP contribution in [0, 0.1) is 17.8 Å². The smallest absolute Gasteiger partial charge is 0.0716 e. The first kappa shape index (κ1) is 21.6. The van der Waals surface area contributed by atoms with E-state index in [0.717, 1.165) is 43.3 Å². The number of benzene rings is 1. The Balaban J connectivity index is 1.34. The molecule has 0 atom stereocenters. The fourth-order valence-electron chi connectivity index (χ4n) is 5.42. The van der Waals surface area contributed by atoms with Crippen molar-refractivity contribution < 1.29 is 4.74 Å². The molecular formula is C27H42O. The van der Waals surface area contributed by atoms with Crippen LogP contribution in [0.3, 0.4) is 0 Å². The van der Waals surface area contributed by atoms with Gasteiger partial charge >= 0.3 is 0 Å². The molecular weight excluding hydrogens is 340 g/mol. The summed E-state index contributed by atoms with van der Waals surface area (Å²) < 4.78 is 5.66. The summed E-state index contributed by atoms with van der Waals surface area (Å²) in [5, 5.41) is 0. The van der Waals surface area contributed by atoms with Crippen LogP contribution in [0.25, 0.3) is 0 Å². The molecule has 0 heterocycles. The minimum absolute atomic E-state index is 0.761. The van der Waals surface area contributed by atoms with Crippen molar-refractivity contribution in [3.63, 3.8) is 0 Å². The van der Waals surface area contributed by atoms with Crippen molar-refractivity contribution in [3.8, 4) is 0 Å². The lowest BCUT2D eigenvalue weighted by Gasteiger charge is -2.31. The van der Waals surface area contributed by atoms with E-state index < -0.39 is 0 Å². The van der Waals surface area contributed by atoms with E-state index in [2.05, 4.69) is 50.3 Å². The van der Waals surface area contributed by atoms with Crippen LogP contribution in [0.5, 0.6) is 0 Å². The Bertz CT molecular complexity index is 556. The van der Waals surface area contributed by atoms with Crippen molar-refractivity contribution in [2.24, 2.45) is 17.8 Å². The largest absolute Gasteiger partial charge is 0.377 e. The molecule has 3 rings (SSSR count). The van der Waals surface area contributed by atoms with Gasteiger partial charge in [0.2, 0.25) is 0 Å².